The van der Waals surface area contributed by atoms with Gasteiger partial charge in [-0.25, -0.2) is 0 Å². The van der Waals surface area contributed by atoms with Crippen LogP contribution in [0.15, 0.2) is 10.5 Å². The molecule has 1 aromatic rings. The molecular formula is C17H30N2O. The fourth-order valence-electron chi connectivity index (χ4n) is 2.72. The second-order valence-corrected chi connectivity index (χ2v) is 7.09. The first-order chi connectivity index (χ1) is 9.44. The molecule has 0 spiro atoms. The Morgan fingerprint density at radius 2 is 1.80 bits per heavy atom. The number of hydrogen-bond donors (Lipinski definition) is 1. The quantitative estimate of drug-likeness (QED) is 0.906. The lowest BCUT2D eigenvalue weighted by Crippen LogP contribution is -2.34. The molecule has 1 fully saturated rings. The van der Waals surface area contributed by atoms with Crippen molar-refractivity contribution in [2.24, 2.45) is 0 Å². The van der Waals surface area contributed by atoms with Crippen LogP contribution in [-0.2, 0) is 13.1 Å². The van der Waals surface area contributed by atoms with Crippen LogP contribution in [0, 0.1) is 6.92 Å². The van der Waals surface area contributed by atoms with Crippen LogP contribution in [0.2, 0.25) is 0 Å². The molecule has 20 heavy (non-hydrogen) atoms. The van der Waals surface area contributed by atoms with Crippen molar-refractivity contribution in [3.63, 3.8) is 0 Å². The number of nitrogens with one attached hydrogen (secondary N) is 1. The largest absolute Gasteiger partial charge is 0.465 e. The Morgan fingerprint density at radius 1 is 1.15 bits per heavy atom. The first-order valence-electron chi connectivity index (χ1n) is 7.99. The van der Waals surface area contributed by atoms with Gasteiger partial charge in [-0.2, -0.15) is 0 Å². The second-order valence-electron chi connectivity index (χ2n) is 7.09. The minimum absolute atomic E-state index is 0.131. The van der Waals surface area contributed by atoms with E-state index in [2.05, 4.69) is 44.0 Å². The standard InChI is InChI=1S/C17H30N2O/c1-14-15(13-19-9-7-5-6-8-10-19)11-16(20-14)12-18-17(2,3)4/h11,18H,5-10,12-13H2,1-4H3. The average Bonchev–Trinajstić information content (AvgIpc) is 2.57. The topological polar surface area (TPSA) is 28.4 Å². The van der Waals surface area contributed by atoms with Crippen LogP contribution in [0.25, 0.3) is 0 Å². The summed E-state index contributed by atoms with van der Waals surface area (Å²) in [5, 5.41) is 3.48. The van der Waals surface area contributed by atoms with E-state index in [4.69, 9.17) is 4.42 Å². The summed E-state index contributed by atoms with van der Waals surface area (Å²) in [6.07, 6.45) is 5.47. The first kappa shape index (κ1) is 15.6. The van der Waals surface area contributed by atoms with Gasteiger partial charge in [-0.1, -0.05) is 12.8 Å². The summed E-state index contributed by atoms with van der Waals surface area (Å²) in [7, 11) is 0. The van der Waals surface area contributed by atoms with Gasteiger partial charge in [0.1, 0.15) is 11.5 Å². The highest BCUT2D eigenvalue weighted by Crippen LogP contribution is 2.19. The highest BCUT2D eigenvalue weighted by molar-refractivity contribution is 5.21. The molecule has 1 saturated heterocycles. The van der Waals surface area contributed by atoms with Gasteiger partial charge in [-0.3, -0.25) is 4.90 Å². The maximum absolute atomic E-state index is 5.89. The van der Waals surface area contributed by atoms with Gasteiger partial charge in [0.25, 0.3) is 0 Å². The number of aryl methyl sites for hydroxylation is 1. The third-order valence-electron chi connectivity index (χ3n) is 3.96. The molecule has 0 atom stereocenters. The van der Waals surface area contributed by atoms with E-state index < -0.39 is 0 Å². The third-order valence-corrected chi connectivity index (χ3v) is 3.96. The zero-order valence-electron chi connectivity index (χ0n) is 13.6. The van der Waals surface area contributed by atoms with E-state index in [0.29, 0.717) is 0 Å². The highest BCUT2D eigenvalue weighted by Gasteiger charge is 2.15. The molecule has 114 valence electrons. The van der Waals surface area contributed by atoms with Crippen molar-refractivity contribution in [3.8, 4) is 0 Å². The van der Waals surface area contributed by atoms with Gasteiger partial charge >= 0.3 is 0 Å². The summed E-state index contributed by atoms with van der Waals surface area (Å²) in [6.45, 7) is 13.0. The molecule has 2 rings (SSSR count). The molecule has 0 aliphatic carbocycles. The van der Waals surface area contributed by atoms with E-state index in [1.54, 1.807) is 0 Å². The van der Waals surface area contributed by atoms with Crippen molar-refractivity contribution in [2.75, 3.05) is 13.1 Å². The lowest BCUT2D eigenvalue weighted by Gasteiger charge is -2.19. The van der Waals surface area contributed by atoms with Crippen molar-refractivity contribution in [2.45, 2.75) is 72.0 Å². The van der Waals surface area contributed by atoms with Crippen LogP contribution < -0.4 is 5.32 Å². The maximum atomic E-state index is 5.89. The minimum atomic E-state index is 0.131. The molecular weight excluding hydrogens is 248 g/mol. The Bertz CT molecular complexity index is 409. The van der Waals surface area contributed by atoms with E-state index >= 15 is 0 Å². The lowest BCUT2D eigenvalue weighted by molar-refractivity contribution is 0.275. The van der Waals surface area contributed by atoms with E-state index in [1.165, 1.54) is 44.3 Å². The smallest absolute Gasteiger partial charge is 0.118 e. The van der Waals surface area contributed by atoms with Crippen molar-refractivity contribution in [3.05, 3.63) is 23.2 Å². The van der Waals surface area contributed by atoms with Gasteiger partial charge in [0.15, 0.2) is 0 Å². The second kappa shape index (κ2) is 6.77. The molecule has 1 aromatic heterocycles. The first-order valence-corrected chi connectivity index (χ1v) is 7.99. The molecule has 2 heterocycles. The zero-order chi connectivity index (χ0) is 14.6. The van der Waals surface area contributed by atoms with Gasteiger partial charge in [0.05, 0.1) is 6.54 Å². The SMILES string of the molecule is Cc1oc(CNC(C)(C)C)cc1CN1CCCCCC1. The summed E-state index contributed by atoms with van der Waals surface area (Å²) < 4.78 is 5.89. The average molecular weight is 278 g/mol. The summed E-state index contributed by atoms with van der Waals surface area (Å²) in [4.78, 5) is 2.58. The summed E-state index contributed by atoms with van der Waals surface area (Å²) in [6, 6.07) is 2.24. The van der Waals surface area contributed by atoms with Gasteiger partial charge < -0.3 is 9.73 Å². The molecule has 0 saturated carbocycles. The molecule has 0 bridgehead atoms. The van der Waals surface area contributed by atoms with Gasteiger partial charge in [0.2, 0.25) is 0 Å². The van der Waals surface area contributed by atoms with Crippen LogP contribution >= 0.6 is 0 Å². The lowest BCUT2D eigenvalue weighted by atomic mass is 10.1. The Kier molecular flexibility index (Phi) is 5.28. The van der Waals surface area contributed by atoms with Crippen LogP contribution in [0.4, 0.5) is 0 Å². The zero-order valence-corrected chi connectivity index (χ0v) is 13.6. The minimum Gasteiger partial charge on any atom is -0.465 e. The maximum Gasteiger partial charge on any atom is 0.118 e. The van der Waals surface area contributed by atoms with Crippen molar-refractivity contribution in [1.82, 2.24) is 10.2 Å². The molecule has 0 amide bonds. The summed E-state index contributed by atoms with van der Waals surface area (Å²) >= 11 is 0. The highest BCUT2D eigenvalue weighted by atomic mass is 16.3. The molecule has 1 aliphatic rings. The number of likely N-dealkylation sites (tertiary alicyclic amines) is 1. The normalized spacial score (nSPS) is 18.2. The monoisotopic (exact) mass is 278 g/mol. The summed E-state index contributed by atoms with van der Waals surface area (Å²) in [5.74, 6) is 2.14. The Labute approximate surface area is 123 Å². The van der Waals surface area contributed by atoms with E-state index in [0.717, 1.165) is 24.6 Å². The van der Waals surface area contributed by atoms with Crippen LogP contribution in [0.5, 0.6) is 0 Å². The number of rotatable bonds is 4. The number of furan rings is 1. The van der Waals surface area contributed by atoms with Gasteiger partial charge in [-0.15, -0.1) is 0 Å². The van der Waals surface area contributed by atoms with Crippen LogP contribution in [0.1, 0.15) is 63.5 Å². The van der Waals surface area contributed by atoms with Crippen molar-refractivity contribution < 1.29 is 4.42 Å². The molecule has 0 radical (unpaired) electrons. The van der Waals surface area contributed by atoms with Crippen molar-refractivity contribution in [1.29, 1.82) is 0 Å². The van der Waals surface area contributed by atoms with Gasteiger partial charge in [0, 0.05) is 17.6 Å². The number of hydrogen-bond acceptors (Lipinski definition) is 3. The van der Waals surface area contributed by atoms with Gasteiger partial charge in [-0.05, 0) is 59.7 Å². The molecule has 0 aromatic carbocycles. The molecule has 0 unspecified atom stereocenters. The Hall–Kier alpha value is -0.800. The molecule has 1 N–H and O–H groups in total. The van der Waals surface area contributed by atoms with Crippen LogP contribution in [-0.4, -0.2) is 23.5 Å². The molecule has 1 aliphatic heterocycles. The van der Waals surface area contributed by atoms with E-state index in [-0.39, 0.29) is 5.54 Å². The third kappa shape index (κ3) is 4.95. The van der Waals surface area contributed by atoms with Crippen molar-refractivity contribution >= 4 is 0 Å². The molecule has 3 nitrogen and oxygen atoms in total. The summed E-state index contributed by atoms with van der Waals surface area (Å²) in [5.41, 5.74) is 1.49. The van der Waals surface area contributed by atoms with E-state index in [1.807, 2.05) is 0 Å². The van der Waals surface area contributed by atoms with Crippen LogP contribution in [0.3, 0.4) is 0 Å². The number of nitrogens with zero attached hydrogens (tertiary/aromatic N) is 1. The predicted molar refractivity (Wildman–Crippen MR) is 83.8 cm³/mol. The van der Waals surface area contributed by atoms with E-state index in [9.17, 15) is 0 Å². The molecule has 3 heteroatoms. The Balaban J connectivity index is 1.92. The fourth-order valence-corrected chi connectivity index (χ4v) is 2.72. The predicted octanol–water partition coefficient (Wildman–Crippen LogP) is 3.85. The fraction of sp³-hybridized carbons (Fsp3) is 0.765. The Morgan fingerprint density at radius 3 is 2.40 bits per heavy atom.